The van der Waals surface area contributed by atoms with E-state index in [4.69, 9.17) is 9.47 Å². The van der Waals surface area contributed by atoms with Gasteiger partial charge in [0.05, 0.1) is 13.7 Å². The average Bonchev–Trinajstić information content (AvgIpc) is 2.61. The second-order valence-corrected chi connectivity index (χ2v) is 5.55. The Morgan fingerprint density at radius 2 is 2.00 bits per heavy atom. The number of esters is 1. The summed E-state index contributed by atoms with van der Waals surface area (Å²) in [5, 5.41) is 9.55. The number of nitrogens with zero attached hydrogens (tertiary/aromatic N) is 1. The fraction of sp³-hybridized carbons (Fsp3) is 0.368. The SMILES string of the molecule is COc1cc(CCCC(=O)OCCCc2cccnc2)ccc1O. The molecule has 0 aliphatic rings. The smallest absolute Gasteiger partial charge is 0.305 e. The van der Waals surface area contributed by atoms with E-state index in [1.54, 1.807) is 18.3 Å². The van der Waals surface area contributed by atoms with Gasteiger partial charge in [-0.3, -0.25) is 9.78 Å². The maximum atomic E-state index is 11.7. The van der Waals surface area contributed by atoms with Crippen molar-refractivity contribution >= 4 is 5.97 Å². The molecule has 2 aromatic rings. The summed E-state index contributed by atoms with van der Waals surface area (Å²) in [4.78, 5) is 15.8. The topological polar surface area (TPSA) is 68.7 Å². The fourth-order valence-electron chi connectivity index (χ4n) is 2.39. The molecule has 0 atom stereocenters. The predicted octanol–water partition coefficient (Wildman–Crippen LogP) is 3.29. The van der Waals surface area contributed by atoms with Gasteiger partial charge in [-0.2, -0.15) is 0 Å². The number of carbonyl (C=O) groups excluding carboxylic acids is 1. The van der Waals surface area contributed by atoms with E-state index in [9.17, 15) is 9.90 Å². The molecule has 5 nitrogen and oxygen atoms in total. The molecule has 1 N–H and O–H groups in total. The Hall–Kier alpha value is -2.56. The molecular weight excluding hydrogens is 306 g/mol. The first kappa shape index (κ1) is 17.8. The summed E-state index contributed by atoms with van der Waals surface area (Å²) in [6.07, 6.45) is 7.05. The van der Waals surface area contributed by atoms with Crippen molar-refractivity contribution in [3.63, 3.8) is 0 Å². The zero-order valence-corrected chi connectivity index (χ0v) is 13.9. The molecule has 0 radical (unpaired) electrons. The fourth-order valence-corrected chi connectivity index (χ4v) is 2.39. The van der Waals surface area contributed by atoms with Gasteiger partial charge in [0, 0.05) is 18.8 Å². The van der Waals surface area contributed by atoms with Crippen molar-refractivity contribution in [2.75, 3.05) is 13.7 Å². The summed E-state index contributed by atoms with van der Waals surface area (Å²) < 4.78 is 10.3. The molecule has 0 unspecified atom stereocenters. The number of aryl methyl sites for hydroxylation is 2. The van der Waals surface area contributed by atoms with E-state index < -0.39 is 0 Å². The Bertz CT molecular complexity index is 643. The van der Waals surface area contributed by atoms with Gasteiger partial charge in [-0.05, 0) is 55.0 Å². The number of rotatable bonds is 9. The van der Waals surface area contributed by atoms with Crippen LogP contribution in [0.3, 0.4) is 0 Å². The molecule has 0 amide bonds. The molecule has 1 aromatic heterocycles. The van der Waals surface area contributed by atoms with E-state index in [0.717, 1.165) is 30.4 Å². The quantitative estimate of drug-likeness (QED) is 0.565. The molecule has 0 fully saturated rings. The van der Waals surface area contributed by atoms with Crippen LogP contribution in [0.1, 0.15) is 30.4 Å². The van der Waals surface area contributed by atoms with Gasteiger partial charge >= 0.3 is 5.97 Å². The number of hydrogen-bond donors (Lipinski definition) is 1. The number of hydrogen-bond acceptors (Lipinski definition) is 5. The first-order valence-electron chi connectivity index (χ1n) is 8.09. The van der Waals surface area contributed by atoms with Crippen LogP contribution >= 0.6 is 0 Å². The molecule has 2 rings (SSSR count). The molecule has 0 aliphatic heterocycles. The lowest BCUT2D eigenvalue weighted by Gasteiger charge is -2.07. The highest BCUT2D eigenvalue weighted by Crippen LogP contribution is 2.26. The molecule has 1 aromatic carbocycles. The van der Waals surface area contributed by atoms with Crippen LogP contribution in [-0.2, 0) is 22.4 Å². The summed E-state index contributed by atoms with van der Waals surface area (Å²) in [7, 11) is 1.52. The van der Waals surface area contributed by atoms with Gasteiger partial charge in [0.1, 0.15) is 0 Å². The van der Waals surface area contributed by atoms with Crippen LogP contribution in [-0.4, -0.2) is 29.8 Å². The predicted molar refractivity (Wildman–Crippen MR) is 91.1 cm³/mol. The van der Waals surface area contributed by atoms with Crippen molar-refractivity contribution in [2.45, 2.75) is 32.1 Å². The lowest BCUT2D eigenvalue weighted by molar-refractivity contribution is -0.143. The number of phenols is 1. The molecule has 1 heterocycles. The normalized spacial score (nSPS) is 10.4. The molecule has 128 valence electrons. The van der Waals surface area contributed by atoms with Crippen molar-refractivity contribution in [3.05, 3.63) is 53.9 Å². The van der Waals surface area contributed by atoms with Gasteiger partial charge in [0.15, 0.2) is 11.5 Å². The molecule has 5 heteroatoms. The van der Waals surface area contributed by atoms with Crippen LogP contribution in [0.15, 0.2) is 42.7 Å². The van der Waals surface area contributed by atoms with Crippen LogP contribution in [0.5, 0.6) is 11.5 Å². The number of carbonyl (C=O) groups is 1. The summed E-state index contributed by atoms with van der Waals surface area (Å²) in [6, 6.07) is 9.14. The van der Waals surface area contributed by atoms with E-state index in [1.807, 2.05) is 24.4 Å². The lowest BCUT2D eigenvalue weighted by atomic mass is 10.1. The van der Waals surface area contributed by atoms with Gasteiger partial charge in [-0.1, -0.05) is 12.1 Å². The minimum absolute atomic E-state index is 0.120. The van der Waals surface area contributed by atoms with Crippen molar-refractivity contribution in [1.82, 2.24) is 4.98 Å². The zero-order chi connectivity index (χ0) is 17.2. The van der Waals surface area contributed by atoms with E-state index in [0.29, 0.717) is 25.2 Å². The maximum Gasteiger partial charge on any atom is 0.305 e. The van der Waals surface area contributed by atoms with Crippen molar-refractivity contribution in [1.29, 1.82) is 0 Å². The molecule has 24 heavy (non-hydrogen) atoms. The number of ether oxygens (including phenoxy) is 2. The molecule has 0 spiro atoms. The van der Waals surface area contributed by atoms with Crippen molar-refractivity contribution in [3.8, 4) is 11.5 Å². The number of phenolic OH excluding ortho intramolecular Hbond substituents is 1. The Morgan fingerprint density at radius 1 is 1.17 bits per heavy atom. The summed E-state index contributed by atoms with van der Waals surface area (Å²) in [5.74, 6) is 0.395. The molecule has 0 saturated heterocycles. The monoisotopic (exact) mass is 329 g/mol. The molecule has 0 aliphatic carbocycles. The minimum Gasteiger partial charge on any atom is -0.504 e. The second kappa shape index (κ2) is 9.55. The van der Waals surface area contributed by atoms with Gasteiger partial charge in [0.25, 0.3) is 0 Å². The van der Waals surface area contributed by atoms with Crippen molar-refractivity contribution in [2.24, 2.45) is 0 Å². The van der Waals surface area contributed by atoms with Gasteiger partial charge in [-0.15, -0.1) is 0 Å². The highest BCUT2D eigenvalue weighted by Gasteiger charge is 2.06. The van der Waals surface area contributed by atoms with Crippen LogP contribution in [0.4, 0.5) is 0 Å². The third kappa shape index (κ3) is 5.91. The van der Waals surface area contributed by atoms with Crippen LogP contribution in [0, 0.1) is 0 Å². The van der Waals surface area contributed by atoms with Crippen molar-refractivity contribution < 1.29 is 19.4 Å². The van der Waals surface area contributed by atoms with E-state index in [2.05, 4.69) is 4.98 Å². The molecule has 0 bridgehead atoms. The number of aromatic hydroxyl groups is 1. The van der Waals surface area contributed by atoms with Crippen LogP contribution in [0.2, 0.25) is 0 Å². The minimum atomic E-state index is -0.174. The third-order valence-electron chi connectivity index (χ3n) is 3.69. The van der Waals surface area contributed by atoms with Gasteiger partial charge in [0.2, 0.25) is 0 Å². The van der Waals surface area contributed by atoms with Gasteiger partial charge in [-0.25, -0.2) is 0 Å². The summed E-state index contributed by atoms with van der Waals surface area (Å²) in [5.41, 5.74) is 2.17. The first-order chi connectivity index (χ1) is 11.7. The lowest BCUT2D eigenvalue weighted by Crippen LogP contribution is -2.07. The van der Waals surface area contributed by atoms with Crippen LogP contribution in [0.25, 0.3) is 0 Å². The third-order valence-corrected chi connectivity index (χ3v) is 3.69. The number of benzene rings is 1. The number of pyridine rings is 1. The Kier molecular flexibility index (Phi) is 7.08. The first-order valence-corrected chi connectivity index (χ1v) is 8.09. The Balaban J connectivity index is 1.61. The van der Waals surface area contributed by atoms with Gasteiger partial charge < -0.3 is 14.6 Å². The summed E-state index contributed by atoms with van der Waals surface area (Å²) >= 11 is 0. The number of methoxy groups -OCH3 is 1. The second-order valence-electron chi connectivity index (χ2n) is 5.55. The molecular formula is C19H23NO4. The summed E-state index contributed by atoms with van der Waals surface area (Å²) in [6.45, 7) is 0.431. The number of aromatic nitrogens is 1. The molecule has 0 saturated carbocycles. The standard InChI is InChI=1S/C19H23NO4/c1-23-18-13-15(9-10-17(18)21)5-2-8-19(22)24-12-4-7-16-6-3-11-20-14-16/h3,6,9-11,13-14,21H,2,4-5,7-8,12H2,1H3. The highest BCUT2D eigenvalue weighted by atomic mass is 16.5. The van der Waals surface area contributed by atoms with E-state index in [1.165, 1.54) is 7.11 Å². The average molecular weight is 329 g/mol. The highest BCUT2D eigenvalue weighted by molar-refractivity contribution is 5.69. The van der Waals surface area contributed by atoms with E-state index >= 15 is 0 Å². The Morgan fingerprint density at radius 3 is 2.75 bits per heavy atom. The Labute approximate surface area is 142 Å². The van der Waals surface area contributed by atoms with E-state index in [-0.39, 0.29) is 11.7 Å². The largest absolute Gasteiger partial charge is 0.504 e. The maximum absolute atomic E-state index is 11.7. The van der Waals surface area contributed by atoms with Crippen LogP contribution < -0.4 is 4.74 Å². The zero-order valence-electron chi connectivity index (χ0n) is 13.9.